The second-order valence-electron chi connectivity index (χ2n) is 5.01. The van der Waals surface area contributed by atoms with Crippen LogP contribution in [0, 0.1) is 0 Å². The number of hydrogen-bond acceptors (Lipinski definition) is 5. The van der Waals surface area contributed by atoms with Crippen LogP contribution >= 0.6 is 0 Å². The van der Waals surface area contributed by atoms with Crippen LogP contribution < -0.4 is 4.74 Å². The SMILES string of the molecule is COC(=O)[C@@H]1CCCN1C/C=C/c1ccc(O)c(OC)c1. The third-order valence-corrected chi connectivity index (χ3v) is 3.69. The Labute approximate surface area is 124 Å². The molecule has 1 aliphatic rings. The van der Waals surface area contributed by atoms with E-state index in [9.17, 15) is 9.90 Å². The molecule has 5 nitrogen and oxygen atoms in total. The van der Waals surface area contributed by atoms with Crippen molar-refractivity contribution < 1.29 is 19.4 Å². The van der Waals surface area contributed by atoms with Crippen molar-refractivity contribution >= 4 is 12.0 Å². The molecule has 1 atom stereocenters. The number of likely N-dealkylation sites (tertiary alicyclic amines) is 1. The molecule has 5 heteroatoms. The van der Waals surface area contributed by atoms with Gasteiger partial charge in [0.15, 0.2) is 11.5 Å². The average molecular weight is 291 g/mol. The number of phenolic OH excluding ortho intramolecular Hbond substituents is 1. The first kappa shape index (κ1) is 15.4. The lowest BCUT2D eigenvalue weighted by Gasteiger charge is -2.20. The van der Waals surface area contributed by atoms with E-state index in [0.717, 1.165) is 24.9 Å². The predicted octanol–water partition coefficient (Wildman–Crippen LogP) is 2.05. The number of carbonyl (C=O) groups excluding carboxylic acids is 1. The lowest BCUT2D eigenvalue weighted by atomic mass is 10.2. The van der Waals surface area contributed by atoms with E-state index in [2.05, 4.69) is 4.90 Å². The van der Waals surface area contributed by atoms with Crippen molar-refractivity contribution in [3.8, 4) is 11.5 Å². The highest BCUT2D eigenvalue weighted by molar-refractivity contribution is 5.76. The van der Waals surface area contributed by atoms with Crippen LogP contribution in [0.5, 0.6) is 11.5 Å². The largest absolute Gasteiger partial charge is 0.504 e. The lowest BCUT2D eigenvalue weighted by molar-refractivity contribution is -0.145. The summed E-state index contributed by atoms with van der Waals surface area (Å²) in [5.74, 6) is 0.415. The van der Waals surface area contributed by atoms with Crippen molar-refractivity contribution in [2.75, 3.05) is 27.3 Å². The van der Waals surface area contributed by atoms with Crippen LogP contribution in [-0.2, 0) is 9.53 Å². The molecule has 1 aromatic rings. The Morgan fingerprint density at radius 2 is 2.29 bits per heavy atom. The number of aromatic hydroxyl groups is 1. The summed E-state index contributed by atoms with van der Waals surface area (Å²) in [6.07, 6.45) is 5.83. The maximum atomic E-state index is 11.6. The molecule has 1 aromatic carbocycles. The second kappa shape index (κ2) is 7.13. The standard InChI is InChI=1S/C16H21NO4/c1-20-15-11-12(7-8-14(15)18)5-3-9-17-10-4-6-13(17)16(19)21-2/h3,5,7-8,11,13,18H,4,6,9-10H2,1-2H3/b5-3+/t13-/m0/s1. The maximum absolute atomic E-state index is 11.6. The molecule has 0 radical (unpaired) electrons. The highest BCUT2D eigenvalue weighted by atomic mass is 16.5. The Hall–Kier alpha value is -2.01. The number of esters is 1. The number of carbonyl (C=O) groups is 1. The van der Waals surface area contributed by atoms with Gasteiger partial charge in [-0.2, -0.15) is 0 Å². The summed E-state index contributed by atoms with van der Waals surface area (Å²) in [5.41, 5.74) is 0.943. The summed E-state index contributed by atoms with van der Waals surface area (Å²) in [4.78, 5) is 13.8. The molecule has 0 amide bonds. The first-order valence-electron chi connectivity index (χ1n) is 7.01. The van der Waals surface area contributed by atoms with E-state index in [1.807, 2.05) is 18.2 Å². The number of rotatable bonds is 5. The zero-order valence-corrected chi connectivity index (χ0v) is 12.4. The third-order valence-electron chi connectivity index (χ3n) is 3.69. The minimum Gasteiger partial charge on any atom is -0.504 e. The summed E-state index contributed by atoms with van der Waals surface area (Å²) < 4.78 is 9.90. The fourth-order valence-electron chi connectivity index (χ4n) is 2.57. The van der Waals surface area contributed by atoms with Crippen LogP contribution in [0.25, 0.3) is 6.08 Å². The summed E-state index contributed by atoms with van der Waals surface area (Å²) in [5, 5.41) is 9.55. The molecule has 0 unspecified atom stereocenters. The minimum absolute atomic E-state index is 0.125. The lowest BCUT2D eigenvalue weighted by Crippen LogP contribution is -2.36. The number of ether oxygens (including phenoxy) is 2. The highest BCUT2D eigenvalue weighted by Gasteiger charge is 2.30. The first-order valence-corrected chi connectivity index (χ1v) is 7.01. The van der Waals surface area contributed by atoms with E-state index < -0.39 is 0 Å². The van der Waals surface area contributed by atoms with E-state index in [1.165, 1.54) is 14.2 Å². The Morgan fingerprint density at radius 3 is 3.00 bits per heavy atom. The van der Waals surface area contributed by atoms with Gasteiger partial charge in [0.1, 0.15) is 6.04 Å². The molecule has 0 saturated carbocycles. The zero-order valence-electron chi connectivity index (χ0n) is 12.4. The summed E-state index contributed by atoms with van der Waals surface area (Å²) >= 11 is 0. The van der Waals surface area contributed by atoms with Crippen LogP contribution in [0.15, 0.2) is 24.3 Å². The van der Waals surface area contributed by atoms with E-state index in [4.69, 9.17) is 9.47 Å². The second-order valence-corrected chi connectivity index (χ2v) is 5.01. The van der Waals surface area contributed by atoms with Gasteiger partial charge in [-0.3, -0.25) is 9.69 Å². The summed E-state index contributed by atoms with van der Waals surface area (Å²) in [7, 11) is 2.95. The van der Waals surface area contributed by atoms with Crippen LogP contribution in [0.3, 0.4) is 0 Å². The Morgan fingerprint density at radius 1 is 1.48 bits per heavy atom. The fourth-order valence-corrected chi connectivity index (χ4v) is 2.57. The third kappa shape index (κ3) is 3.76. The van der Waals surface area contributed by atoms with Gasteiger partial charge in [-0.15, -0.1) is 0 Å². The van der Waals surface area contributed by atoms with Crippen molar-refractivity contribution in [2.45, 2.75) is 18.9 Å². The van der Waals surface area contributed by atoms with Gasteiger partial charge in [-0.05, 0) is 37.1 Å². The molecule has 1 fully saturated rings. The van der Waals surface area contributed by atoms with Crippen molar-refractivity contribution in [3.05, 3.63) is 29.8 Å². The van der Waals surface area contributed by atoms with Crippen LogP contribution in [0.2, 0.25) is 0 Å². The Balaban J connectivity index is 1.97. The van der Waals surface area contributed by atoms with E-state index in [-0.39, 0.29) is 17.8 Å². The molecule has 0 bridgehead atoms. The van der Waals surface area contributed by atoms with Gasteiger partial charge in [-0.25, -0.2) is 0 Å². The number of nitrogens with zero attached hydrogens (tertiary/aromatic N) is 1. The molecule has 21 heavy (non-hydrogen) atoms. The zero-order chi connectivity index (χ0) is 15.2. The molecule has 1 aliphatic heterocycles. The van der Waals surface area contributed by atoms with Gasteiger partial charge in [-0.1, -0.05) is 18.2 Å². The molecule has 0 spiro atoms. The van der Waals surface area contributed by atoms with Gasteiger partial charge in [0.2, 0.25) is 0 Å². The monoisotopic (exact) mass is 291 g/mol. The summed E-state index contributed by atoms with van der Waals surface area (Å²) in [6, 6.07) is 5.06. The number of phenols is 1. The molecular formula is C16H21NO4. The van der Waals surface area contributed by atoms with E-state index >= 15 is 0 Å². The van der Waals surface area contributed by atoms with Crippen LogP contribution in [0.1, 0.15) is 18.4 Å². The maximum Gasteiger partial charge on any atom is 0.323 e. The topological polar surface area (TPSA) is 59.0 Å². The fraction of sp³-hybridized carbons (Fsp3) is 0.438. The molecule has 1 N–H and O–H groups in total. The quantitative estimate of drug-likeness (QED) is 0.841. The molecule has 114 valence electrons. The smallest absolute Gasteiger partial charge is 0.323 e. The van der Waals surface area contributed by atoms with E-state index in [1.54, 1.807) is 12.1 Å². The number of methoxy groups -OCH3 is 2. The van der Waals surface area contributed by atoms with Crippen molar-refractivity contribution in [1.82, 2.24) is 4.90 Å². The highest BCUT2D eigenvalue weighted by Crippen LogP contribution is 2.26. The summed E-state index contributed by atoms with van der Waals surface area (Å²) in [6.45, 7) is 1.60. The van der Waals surface area contributed by atoms with Gasteiger partial charge in [0.25, 0.3) is 0 Å². The average Bonchev–Trinajstić information content (AvgIpc) is 2.96. The van der Waals surface area contributed by atoms with Gasteiger partial charge in [0, 0.05) is 6.54 Å². The Bertz CT molecular complexity index is 527. The molecule has 2 rings (SSSR count). The molecule has 1 saturated heterocycles. The Kier molecular flexibility index (Phi) is 5.22. The van der Waals surface area contributed by atoms with Crippen molar-refractivity contribution in [1.29, 1.82) is 0 Å². The number of benzene rings is 1. The van der Waals surface area contributed by atoms with Crippen LogP contribution in [-0.4, -0.2) is 49.3 Å². The van der Waals surface area contributed by atoms with Crippen molar-refractivity contribution in [3.63, 3.8) is 0 Å². The molecular weight excluding hydrogens is 270 g/mol. The van der Waals surface area contributed by atoms with Crippen LogP contribution in [0.4, 0.5) is 0 Å². The van der Waals surface area contributed by atoms with Gasteiger partial charge >= 0.3 is 5.97 Å². The minimum atomic E-state index is -0.160. The molecule has 0 aliphatic carbocycles. The predicted molar refractivity (Wildman–Crippen MR) is 80.3 cm³/mol. The van der Waals surface area contributed by atoms with Crippen molar-refractivity contribution in [2.24, 2.45) is 0 Å². The number of hydrogen-bond donors (Lipinski definition) is 1. The first-order chi connectivity index (χ1) is 10.2. The molecule has 0 aromatic heterocycles. The van der Waals surface area contributed by atoms with Gasteiger partial charge in [0.05, 0.1) is 14.2 Å². The normalized spacial score (nSPS) is 19.0. The molecule has 1 heterocycles. The van der Waals surface area contributed by atoms with Gasteiger partial charge < -0.3 is 14.6 Å². The van der Waals surface area contributed by atoms with E-state index in [0.29, 0.717) is 12.3 Å².